The number of halogens is 2. The van der Waals surface area contributed by atoms with E-state index in [0.29, 0.717) is 18.2 Å². The Morgan fingerprint density at radius 3 is 2.69 bits per heavy atom. The molecule has 0 bridgehead atoms. The van der Waals surface area contributed by atoms with Crippen LogP contribution in [0.3, 0.4) is 0 Å². The molecule has 1 aromatic heterocycles. The zero-order chi connectivity index (χ0) is 18.8. The lowest BCUT2D eigenvalue weighted by atomic mass is 10.1. The Kier molecular flexibility index (Phi) is 7.75. The monoisotopic (exact) mass is 449 g/mol. The van der Waals surface area contributed by atoms with E-state index in [1.54, 1.807) is 24.5 Å². The Hall–Kier alpha value is -2.45. The third-order valence-corrected chi connectivity index (χ3v) is 5.26. The maximum atomic E-state index is 12.6. The van der Waals surface area contributed by atoms with Gasteiger partial charge in [-0.1, -0.05) is 36.4 Å². The van der Waals surface area contributed by atoms with Crippen LogP contribution in [-0.4, -0.2) is 35.3 Å². The molecule has 9 heteroatoms. The van der Waals surface area contributed by atoms with Crippen LogP contribution in [0.15, 0.2) is 64.7 Å². The number of nitrogens with one attached hydrogen (secondary N) is 1. The van der Waals surface area contributed by atoms with Gasteiger partial charge in [-0.15, -0.1) is 36.2 Å². The fourth-order valence-electron chi connectivity index (χ4n) is 2.97. The number of thiazole rings is 1. The van der Waals surface area contributed by atoms with Gasteiger partial charge < -0.3 is 11.1 Å². The fourth-order valence-corrected chi connectivity index (χ4v) is 3.69. The first-order valence-corrected chi connectivity index (χ1v) is 9.47. The predicted molar refractivity (Wildman–Crippen MR) is 124 cm³/mol. The van der Waals surface area contributed by atoms with E-state index >= 15 is 0 Å². The second-order valence-electron chi connectivity index (χ2n) is 6.25. The van der Waals surface area contributed by atoms with Crippen molar-refractivity contribution in [2.24, 2.45) is 10.7 Å². The lowest BCUT2D eigenvalue weighted by Crippen LogP contribution is -2.42. The van der Waals surface area contributed by atoms with Gasteiger partial charge in [-0.25, -0.2) is 9.98 Å². The summed E-state index contributed by atoms with van der Waals surface area (Å²) in [4.78, 5) is 22.9. The molecule has 0 saturated heterocycles. The number of hydrogen-bond acceptors (Lipinski definition) is 6. The SMILES string of the molecule is CN1C(=O)/C(=C/c2ccc3ncsc3c2)N=C1NC(CN)c1ccccc1.Cl.Cl. The van der Waals surface area contributed by atoms with E-state index in [1.165, 1.54) is 4.90 Å². The highest BCUT2D eigenvalue weighted by Gasteiger charge is 2.28. The number of amides is 1. The van der Waals surface area contributed by atoms with Gasteiger partial charge in [-0.3, -0.25) is 9.69 Å². The Morgan fingerprint density at radius 2 is 1.97 bits per heavy atom. The molecule has 152 valence electrons. The first kappa shape index (κ1) is 22.8. The summed E-state index contributed by atoms with van der Waals surface area (Å²) in [6.07, 6.45) is 1.80. The van der Waals surface area contributed by atoms with E-state index in [2.05, 4.69) is 15.3 Å². The molecular weight excluding hydrogens is 429 g/mol. The molecule has 0 saturated carbocycles. The van der Waals surface area contributed by atoms with Crippen LogP contribution in [0, 0.1) is 0 Å². The lowest BCUT2D eigenvalue weighted by molar-refractivity contribution is -0.121. The van der Waals surface area contributed by atoms with Crippen molar-refractivity contribution < 1.29 is 4.79 Å². The van der Waals surface area contributed by atoms with Gasteiger partial charge in [0, 0.05) is 13.6 Å². The van der Waals surface area contributed by atoms with Crippen molar-refractivity contribution in [1.82, 2.24) is 15.2 Å². The zero-order valence-corrected chi connectivity index (χ0v) is 18.1. The number of carbonyl (C=O) groups is 1. The van der Waals surface area contributed by atoms with Gasteiger partial charge in [0.1, 0.15) is 5.70 Å². The smallest absolute Gasteiger partial charge is 0.279 e. The maximum absolute atomic E-state index is 12.6. The van der Waals surface area contributed by atoms with Gasteiger partial charge in [-0.2, -0.15) is 0 Å². The summed E-state index contributed by atoms with van der Waals surface area (Å²) >= 11 is 1.57. The third kappa shape index (κ3) is 4.76. The molecule has 29 heavy (non-hydrogen) atoms. The van der Waals surface area contributed by atoms with E-state index in [1.807, 2.05) is 54.0 Å². The van der Waals surface area contributed by atoms with E-state index in [0.717, 1.165) is 21.3 Å². The van der Waals surface area contributed by atoms with E-state index < -0.39 is 0 Å². The van der Waals surface area contributed by atoms with E-state index in [4.69, 9.17) is 5.73 Å². The Bertz CT molecular complexity index is 1050. The number of nitrogens with two attached hydrogens (primary N) is 1. The van der Waals surface area contributed by atoms with Crippen molar-refractivity contribution in [3.8, 4) is 0 Å². The maximum Gasteiger partial charge on any atom is 0.279 e. The number of aromatic nitrogens is 1. The summed E-state index contributed by atoms with van der Waals surface area (Å²) in [5, 5.41) is 3.28. The van der Waals surface area contributed by atoms with Gasteiger partial charge >= 0.3 is 0 Å². The highest BCUT2D eigenvalue weighted by molar-refractivity contribution is 7.16. The van der Waals surface area contributed by atoms with Gasteiger partial charge in [0.2, 0.25) is 5.96 Å². The average molecular weight is 450 g/mol. The lowest BCUT2D eigenvalue weighted by Gasteiger charge is -2.21. The van der Waals surface area contributed by atoms with Crippen molar-refractivity contribution in [3.05, 3.63) is 70.9 Å². The van der Waals surface area contributed by atoms with Crippen LogP contribution in [0.4, 0.5) is 0 Å². The molecule has 1 aliphatic heterocycles. The Morgan fingerprint density at radius 1 is 1.21 bits per heavy atom. The molecule has 1 atom stereocenters. The molecule has 1 unspecified atom stereocenters. The number of rotatable bonds is 4. The van der Waals surface area contributed by atoms with Crippen LogP contribution in [0.2, 0.25) is 0 Å². The normalized spacial score (nSPS) is 15.7. The van der Waals surface area contributed by atoms with Crippen LogP contribution in [0.1, 0.15) is 17.2 Å². The molecule has 2 heterocycles. The highest BCUT2D eigenvalue weighted by Crippen LogP contribution is 2.23. The Balaban J connectivity index is 0.00000150. The molecular formula is C20H21Cl2N5OS. The average Bonchev–Trinajstić information content (AvgIpc) is 3.27. The van der Waals surface area contributed by atoms with Crippen LogP contribution in [0.25, 0.3) is 16.3 Å². The first-order chi connectivity index (χ1) is 13.2. The Labute approximate surface area is 185 Å². The summed E-state index contributed by atoms with van der Waals surface area (Å²) in [5.41, 5.74) is 11.1. The predicted octanol–water partition coefficient (Wildman–Crippen LogP) is 3.60. The van der Waals surface area contributed by atoms with E-state index in [9.17, 15) is 4.79 Å². The molecule has 2 aromatic carbocycles. The molecule has 0 fully saturated rings. The largest absolute Gasteiger partial charge is 0.347 e. The summed E-state index contributed by atoms with van der Waals surface area (Å²) in [6, 6.07) is 15.7. The standard InChI is InChI=1S/C20H19N5OS.2ClH/c1-25-19(26)16(9-13-7-8-15-18(10-13)27-12-22-15)23-20(25)24-17(11-21)14-5-3-2-4-6-14;;/h2-10,12,17H,11,21H2,1H3,(H,23,24);2*1H/b16-9-;;. The number of aliphatic imine (C=N–C) groups is 1. The summed E-state index contributed by atoms with van der Waals surface area (Å²) in [5.74, 6) is 0.357. The molecule has 3 N–H and O–H groups in total. The van der Waals surface area contributed by atoms with Crippen LogP contribution in [-0.2, 0) is 4.79 Å². The second kappa shape index (κ2) is 9.84. The second-order valence-corrected chi connectivity index (χ2v) is 7.14. The molecule has 4 rings (SSSR count). The van der Waals surface area contributed by atoms with Crippen LogP contribution in [0.5, 0.6) is 0 Å². The summed E-state index contributed by atoms with van der Waals surface area (Å²) in [6.45, 7) is 0.395. The molecule has 6 nitrogen and oxygen atoms in total. The molecule has 0 radical (unpaired) electrons. The molecule has 1 aliphatic rings. The molecule has 1 amide bonds. The molecule has 3 aromatic rings. The number of carbonyl (C=O) groups excluding carboxylic acids is 1. The molecule has 0 aliphatic carbocycles. The van der Waals surface area contributed by atoms with Gasteiger partial charge in [-0.05, 0) is 29.3 Å². The van der Waals surface area contributed by atoms with Gasteiger partial charge in [0.15, 0.2) is 0 Å². The third-order valence-electron chi connectivity index (χ3n) is 4.47. The molecule has 0 spiro atoms. The van der Waals surface area contributed by atoms with Crippen LogP contribution < -0.4 is 11.1 Å². The zero-order valence-electron chi connectivity index (χ0n) is 15.6. The van der Waals surface area contributed by atoms with Gasteiger partial charge in [0.25, 0.3) is 5.91 Å². The topological polar surface area (TPSA) is 83.6 Å². The first-order valence-electron chi connectivity index (χ1n) is 8.59. The minimum atomic E-state index is -0.147. The van der Waals surface area contributed by atoms with Crippen molar-refractivity contribution in [3.63, 3.8) is 0 Å². The number of nitrogens with zero attached hydrogens (tertiary/aromatic N) is 3. The number of hydrogen-bond donors (Lipinski definition) is 2. The summed E-state index contributed by atoms with van der Waals surface area (Å²) in [7, 11) is 1.71. The quantitative estimate of drug-likeness (QED) is 0.595. The number of benzene rings is 2. The van der Waals surface area contributed by atoms with Crippen molar-refractivity contribution >= 4 is 64.3 Å². The van der Waals surface area contributed by atoms with Crippen molar-refractivity contribution in [1.29, 1.82) is 0 Å². The van der Waals surface area contributed by atoms with Gasteiger partial charge in [0.05, 0.1) is 21.8 Å². The number of likely N-dealkylation sites (N-methyl/N-ethyl adjacent to an activating group) is 1. The summed E-state index contributed by atoms with van der Waals surface area (Å²) < 4.78 is 1.08. The number of guanidine groups is 1. The fraction of sp³-hybridized carbons (Fsp3) is 0.150. The highest BCUT2D eigenvalue weighted by atomic mass is 35.5. The van der Waals surface area contributed by atoms with Crippen molar-refractivity contribution in [2.75, 3.05) is 13.6 Å². The minimum absolute atomic E-state index is 0. The van der Waals surface area contributed by atoms with E-state index in [-0.39, 0.29) is 36.8 Å². The number of fused-ring (bicyclic) bond motifs is 1. The van der Waals surface area contributed by atoms with Crippen LogP contribution >= 0.6 is 36.2 Å². The minimum Gasteiger partial charge on any atom is -0.347 e. The van der Waals surface area contributed by atoms with Crippen molar-refractivity contribution in [2.45, 2.75) is 6.04 Å².